The van der Waals surface area contributed by atoms with Gasteiger partial charge in [0.2, 0.25) is 11.8 Å². The van der Waals surface area contributed by atoms with E-state index in [-0.39, 0.29) is 11.8 Å². The summed E-state index contributed by atoms with van der Waals surface area (Å²) in [6, 6.07) is 0. The lowest BCUT2D eigenvalue weighted by Crippen LogP contribution is -2.34. The van der Waals surface area contributed by atoms with Crippen molar-refractivity contribution in [1.29, 1.82) is 0 Å². The Balaban J connectivity index is 2.30. The molecule has 0 saturated carbocycles. The third-order valence-corrected chi connectivity index (χ3v) is 3.79. The summed E-state index contributed by atoms with van der Waals surface area (Å²) in [5.74, 6) is 0.657. The highest BCUT2D eigenvalue weighted by Gasteiger charge is 2.28. The Bertz CT molecular complexity index is 360. The monoisotopic (exact) mass is 285 g/mol. The molecule has 1 rings (SSSR count). The van der Waals surface area contributed by atoms with E-state index in [4.69, 9.17) is 18.0 Å². The fraction of sp³-hybridized carbons (Fsp3) is 0.769. The van der Waals surface area contributed by atoms with Crippen LogP contribution in [0.4, 0.5) is 0 Å². The number of likely N-dealkylation sites (tertiary alicyclic amines) is 1. The maximum absolute atomic E-state index is 11.9. The molecule has 0 aliphatic carbocycles. The van der Waals surface area contributed by atoms with Crippen LogP contribution in [0.15, 0.2) is 0 Å². The number of carbonyl (C=O) groups excluding carboxylic acids is 2. The fourth-order valence-corrected chi connectivity index (χ4v) is 2.26. The van der Waals surface area contributed by atoms with Crippen molar-refractivity contribution in [2.24, 2.45) is 11.7 Å². The summed E-state index contributed by atoms with van der Waals surface area (Å²) in [6.45, 7) is 3.95. The number of hydrogen-bond acceptors (Lipinski definition) is 3. The van der Waals surface area contributed by atoms with Crippen molar-refractivity contribution in [2.45, 2.75) is 32.6 Å². The summed E-state index contributed by atoms with van der Waals surface area (Å²) >= 11 is 4.78. The molecule has 0 aromatic heterocycles. The maximum Gasteiger partial charge on any atom is 0.224 e. The van der Waals surface area contributed by atoms with E-state index in [0.717, 1.165) is 13.0 Å². The summed E-state index contributed by atoms with van der Waals surface area (Å²) in [5.41, 5.74) is 5.40. The second-order valence-corrected chi connectivity index (χ2v) is 5.62. The Morgan fingerprint density at radius 3 is 2.74 bits per heavy atom. The first-order chi connectivity index (χ1) is 8.93. The van der Waals surface area contributed by atoms with Gasteiger partial charge in [-0.05, 0) is 5.92 Å². The molecule has 0 spiro atoms. The SMILES string of the molecule is CCC1CC(=O)N(CCC(=O)N(C)CCC(N)=S)C1. The highest BCUT2D eigenvalue weighted by atomic mass is 32.1. The Kier molecular flexibility index (Phi) is 6.21. The summed E-state index contributed by atoms with van der Waals surface area (Å²) in [5, 5.41) is 0. The van der Waals surface area contributed by atoms with Crippen LogP contribution in [0.3, 0.4) is 0 Å². The van der Waals surface area contributed by atoms with Crippen molar-refractivity contribution >= 4 is 29.0 Å². The molecule has 2 amide bonds. The zero-order chi connectivity index (χ0) is 14.4. The average molecular weight is 285 g/mol. The minimum atomic E-state index is 0.0315. The van der Waals surface area contributed by atoms with Gasteiger partial charge in [-0.25, -0.2) is 0 Å². The zero-order valence-electron chi connectivity index (χ0n) is 11.7. The molecule has 1 aliphatic heterocycles. The van der Waals surface area contributed by atoms with E-state index in [1.54, 1.807) is 16.8 Å². The smallest absolute Gasteiger partial charge is 0.224 e. The van der Waals surface area contributed by atoms with Gasteiger partial charge in [-0.15, -0.1) is 0 Å². The summed E-state index contributed by atoms with van der Waals surface area (Å²) in [6.07, 6.45) is 2.56. The molecule has 0 radical (unpaired) electrons. The molecule has 1 atom stereocenters. The normalized spacial score (nSPS) is 18.7. The first-order valence-corrected chi connectivity index (χ1v) is 7.14. The van der Waals surface area contributed by atoms with Gasteiger partial charge in [0, 0.05) is 45.9 Å². The van der Waals surface area contributed by atoms with Crippen LogP contribution >= 0.6 is 12.2 Å². The van der Waals surface area contributed by atoms with Gasteiger partial charge in [0.1, 0.15) is 0 Å². The highest BCUT2D eigenvalue weighted by Crippen LogP contribution is 2.20. The molecule has 5 nitrogen and oxygen atoms in total. The van der Waals surface area contributed by atoms with Gasteiger partial charge in [-0.1, -0.05) is 25.6 Å². The molecule has 2 N–H and O–H groups in total. The summed E-state index contributed by atoms with van der Waals surface area (Å²) in [4.78, 5) is 27.4. The largest absolute Gasteiger partial charge is 0.393 e. The van der Waals surface area contributed by atoms with Gasteiger partial charge >= 0.3 is 0 Å². The van der Waals surface area contributed by atoms with E-state index in [1.165, 1.54) is 0 Å². The number of nitrogens with zero attached hydrogens (tertiary/aromatic N) is 2. The van der Waals surface area contributed by atoms with E-state index in [2.05, 4.69) is 6.92 Å². The van der Waals surface area contributed by atoms with E-state index in [0.29, 0.717) is 43.3 Å². The van der Waals surface area contributed by atoms with Crippen molar-refractivity contribution in [3.8, 4) is 0 Å². The quantitative estimate of drug-likeness (QED) is 0.702. The molecule has 1 fully saturated rings. The van der Waals surface area contributed by atoms with Gasteiger partial charge in [0.25, 0.3) is 0 Å². The predicted molar refractivity (Wildman–Crippen MR) is 78.6 cm³/mol. The van der Waals surface area contributed by atoms with Crippen molar-refractivity contribution < 1.29 is 9.59 Å². The number of carbonyl (C=O) groups is 2. The lowest BCUT2D eigenvalue weighted by atomic mass is 10.1. The Labute approximate surface area is 120 Å². The van der Waals surface area contributed by atoms with E-state index in [1.807, 2.05) is 0 Å². The number of nitrogens with two attached hydrogens (primary N) is 1. The highest BCUT2D eigenvalue weighted by molar-refractivity contribution is 7.80. The van der Waals surface area contributed by atoms with Crippen molar-refractivity contribution in [3.63, 3.8) is 0 Å². The van der Waals surface area contributed by atoms with Gasteiger partial charge in [0.15, 0.2) is 0 Å². The summed E-state index contributed by atoms with van der Waals surface area (Å²) in [7, 11) is 1.74. The standard InChI is InChI=1S/C13H23N3O2S/c1-3-10-8-13(18)16(9-10)7-5-12(17)15(2)6-4-11(14)19/h10H,3-9H2,1-2H3,(H2,14,19). The second kappa shape index (κ2) is 7.43. The molecule has 0 bridgehead atoms. The van der Waals surface area contributed by atoms with E-state index < -0.39 is 0 Å². The van der Waals surface area contributed by atoms with Crippen molar-refractivity contribution in [2.75, 3.05) is 26.7 Å². The Morgan fingerprint density at radius 1 is 1.53 bits per heavy atom. The molecule has 0 aromatic carbocycles. The van der Waals surface area contributed by atoms with Crippen LogP contribution in [0.5, 0.6) is 0 Å². The molecule has 1 saturated heterocycles. The predicted octanol–water partition coefficient (Wildman–Crippen LogP) is 0.770. The number of hydrogen-bond donors (Lipinski definition) is 1. The summed E-state index contributed by atoms with van der Waals surface area (Å²) < 4.78 is 0. The van der Waals surface area contributed by atoms with E-state index in [9.17, 15) is 9.59 Å². The number of rotatable bonds is 7. The zero-order valence-corrected chi connectivity index (χ0v) is 12.5. The lowest BCUT2D eigenvalue weighted by Gasteiger charge is -2.20. The van der Waals surface area contributed by atoms with Gasteiger partial charge < -0.3 is 15.5 Å². The fourth-order valence-electron chi connectivity index (χ4n) is 2.17. The average Bonchev–Trinajstić information content (AvgIpc) is 2.73. The van der Waals surface area contributed by atoms with Crippen LogP contribution in [-0.4, -0.2) is 53.3 Å². The van der Waals surface area contributed by atoms with Crippen molar-refractivity contribution in [1.82, 2.24) is 9.80 Å². The first kappa shape index (κ1) is 15.9. The molecule has 1 aliphatic rings. The van der Waals surface area contributed by atoms with Crippen molar-refractivity contribution in [3.05, 3.63) is 0 Å². The molecular weight excluding hydrogens is 262 g/mol. The molecule has 6 heteroatoms. The Hall–Kier alpha value is -1.17. The Morgan fingerprint density at radius 2 is 2.21 bits per heavy atom. The minimum Gasteiger partial charge on any atom is -0.393 e. The van der Waals surface area contributed by atoms with Crippen LogP contribution in [-0.2, 0) is 9.59 Å². The van der Waals surface area contributed by atoms with Crippen LogP contribution in [0.25, 0.3) is 0 Å². The number of amides is 2. The second-order valence-electron chi connectivity index (χ2n) is 5.10. The van der Waals surface area contributed by atoms with Crippen LogP contribution in [0.1, 0.15) is 32.6 Å². The molecule has 1 unspecified atom stereocenters. The number of thiocarbonyl (C=S) groups is 1. The first-order valence-electron chi connectivity index (χ1n) is 6.74. The van der Waals surface area contributed by atoms with Crippen LogP contribution in [0.2, 0.25) is 0 Å². The van der Waals surface area contributed by atoms with Gasteiger partial charge in [-0.2, -0.15) is 0 Å². The van der Waals surface area contributed by atoms with E-state index >= 15 is 0 Å². The van der Waals surface area contributed by atoms with Gasteiger partial charge in [-0.3, -0.25) is 9.59 Å². The molecule has 1 heterocycles. The molecular formula is C13H23N3O2S. The molecule has 19 heavy (non-hydrogen) atoms. The molecule has 0 aromatic rings. The topological polar surface area (TPSA) is 66.6 Å². The third kappa shape index (κ3) is 5.14. The van der Waals surface area contributed by atoms with Gasteiger partial charge in [0.05, 0.1) is 4.99 Å². The maximum atomic E-state index is 11.9. The molecule has 108 valence electrons. The third-order valence-electron chi connectivity index (χ3n) is 3.59. The lowest BCUT2D eigenvalue weighted by molar-refractivity contribution is -0.131. The minimum absolute atomic E-state index is 0.0315. The van der Waals surface area contributed by atoms with Crippen LogP contribution in [0, 0.1) is 5.92 Å². The van der Waals surface area contributed by atoms with Crippen LogP contribution < -0.4 is 5.73 Å².